The molecule has 0 spiro atoms. The van der Waals surface area contributed by atoms with Crippen LogP contribution in [0, 0.1) is 0 Å². The van der Waals surface area contributed by atoms with E-state index in [4.69, 9.17) is 9.97 Å². The van der Waals surface area contributed by atoms with E-state index in [1.54, 1.807) is 6.07 Å². The molecule has 0 radical (unpaired) electrons. The number of nitrogens with one attached hydrogen (secondary N) is 2. The zero-order valence-electron chi connectivity index (χ0n) is 20.7. The SMILES string of the molecule is O=C(NCCCN(Cc1nc2ccccc2[nH]1)C1CCCc2cccnc21)c1ccc2ccccc2n1. The van der Waals surface area contributed by atoms with Crippen LogP contribution in [-0.4, -0.2) is 43.8 Å². The highest BCUT2D eigenvalue weighted by atomic mass is 16.1. The molecule has 0 bridgehead atoms. The van der Waals surface area contributed by atoms with Gasteiger partial charge in [-0.3, -0.25) is 14.7 Å². The van der Waals surface area contributed by atoms with Crippen molar-refractivity contribution in [2.45, 2.75) is 38.3 Å². The van der Waals surface area contributed by atoms with Crippen LogP contribution in [0.2, 0.25) is 0 Å². The van der Waals surface area contributed by atoms with Crippen molar-refractivity contribution in [1.82, 2.24) is 30.2 Å². The van der Waals surface area contributed by atoms with Gasteiger partial charge < -0.3 is 10.3 Å². The molecule has 1 aliphatic rings. The van der Waals surface area contributed by atoms with E-state index in [0.717, 1.165) is 60.0 Å². The van der Waals surface area contributed by atoms with Gasteiger partial charge in [0.2, 0.25) is 0 Å². The maximum absolute atomic E-state index is 12.8. The van der Waals surface area contributed by atoms with Crippen LogP contribution in [0.3, 0.4) is 0 Å². The van der Waals surface area contributed by atoms with E-state index >= 15 is 0 Å². The second-order valence-electron chi connectivity index (χ2n) is 9.63. The molecule has 1 atom stereocenters. The molecule has 3 aromatic heterocycles. The molecule has 0 fully saturated rings. The zero-order chi connectivity index (χ0) is 25.0. The number of benzene rings is 2. The number of fused-ring (bicyclic) bond motifs is 3. The molecule has 0 saturated heterocycles. The fourth-order valence-corrected chi connectivity index (χ4v) is 5.33. The summed E-state index contributed by atoms with van der Waals surface area (Å²) in [6.45, 7) is 2.10. The summed E-state index contributed by atoms with van der Waals surface area (Å²) in [4.78, 5) is 32.8. The van der Waals surface area contributed by atoms with Gasteiger partial charge in [-0.1, -0.05) is 42.5 Å². The smallest absolute Gasteiger partial charge is 0.269 e. The summed E-state index contributed by atoms with van der Waals surface area (Å²) < 4.78 is 0. The molecule has 7 heteroatoms. The summed E-state index contributed by atoms with van der Waals surface area (Å²) in [5.74, 6) is 0.813. The number of hydrogen-bond acceptors (Lipinski definition) is 5. The third kappa shape index (κ3) is 5.08. The van der Waals surface area contributed by atoms with Crippen molar-refractivity contribution >= 4 is 27.8 Å². The molecular weight excluding hydrogens is 460 g/mol. The lowest BCUT2D eigenvalue weighted by Crippen LogP contribution is -2.35. The Hall–Kier alpha value is -4.10. The highest BCUT2D eigenvalue weighted by Gasteiger charge is 2.27. The molecule has 186 valence electrons. The Kier molecular flexibility index (Phi) is 6.60. The van der Waals surface area contributed by atoms with Crippen molar-refractivity contribution < 1.29 is 4.79 Å². The average molecular weight is 491 g/mol. The van der Waals surface area contributed by atoms with E-state index in [1.165, 1.54) is 11.3 Å². The van der Waals surface area contributed by atoms with Gasteiger partial charge in [0.15, 0.2) is 0 Å². The molecule has 3 heterocycles. The van der Waals surface area contributed by atoms with Crippen molar-refractivity contribution in [1.29, 1.82) is 0 Å². The van der Waals surface area contributed by atoms with Gasteiger partial charge in [-0.15, -0.1) is 0 Å². The highest BCUT2D eigenvalue weighted by Crippen LogP contribution is 2.33. The van der Waals surface area contributed by atoms with Crippen molar-refractivity contribution in [3.8, 4) is 0 Å². The van der Waals surface area contributed by atoms with Gasteiger partial charge >= 0.3 is 0 Å². The highest BCUT2D eigenvalue weighted by molar-refractivity contribution is 5.94. The summed E-state index contributed by atoms with van der Waals surface area (Å²) in [6.07, 6.45) is 6.00. The fourth-order valence-electron chi connectivity index (χ4n) is 5.33. The number of hydrogen-bond donors (Lipinski definition) is 2. The topological polar surface area (TPSA) is 86.8 Å². The van der Waals surface area contributed by atoms with E-state index in [0.29, 0.717) is 18.8 Å². The molecule has 0 aliphatic heterocycles. The molecule has 0 saturated carbocycles. The summed E-state index contributed by atoms with van der Waals surface area (Å²) in [6, 6.07) is 24.2. The minimum atomic E-state index is -0.140. The maximum atomic E-state index is 12.8. The molecule has 2 N–H and O–H groups in total. The number of nitrogens with zero attached hydrogens (tertiary/aromatic N) is 4. The van der Waals surface area contributed by atoms with Crippen LogP contribution < -0.4 is 5.32 Å². The second kappa shape index (κ2) is 10.5. The summed E-state index contributed by atoms with van der Waals surface area (Å²) in [5, 5.41) is 4.09. The number of carbonyl (C=O) groups is 1. The number of aromatic nitrogens is 4. The molecule has 1 aliphatic carbocycles. The minimum Gasteiger partial charge on any atom is -0.351 e. The predicted octanol–water partition coefficient (Wildman–Crippen LogP) is 5.21. The Morgan fingerprint density at radius 3 is 2.76 bits per heavy atom. The molecule has 37 heavy (non-hydrogen) atoms. The van der Waals surface area contributed by atoms with Crippen molar-refractivity contribution in [3.05, 3.63) is 102 Å². The third-order valence-electron chi connectivity index (χ3n) is 7.14. The van der Waals surface area contributed by atoms with Crippen LogP contribution >= 0.6 is 0 Å². The van der Waals surface area contributed by atoms with Gasteiger partial charge in [-0.2, -0.15) is 0 Å². The van der Waals surface area contributed by atoms with Gasteiger partial charge in [0.1, 0.15) is 11.5 Å². The van der Waals surface area contributed by atoms with Crippen LogP contribution in [-0.2, 0) is 13.0 Å². The number of para-hydroxylation sites is 3. The Morgan fingerprint density at radius 2 is 1.84 bits per heavy atom. The van der Waals surface area contributed by atoms with Gasteiger partial charge in [0, 0.05) is 24.7 Å². The van der Waals surface area contributed by atoms with Crippen LogP contribution in [0.1, 0.15) is 52.9 Å². The first-order valence-corrected chi connectivity index (χ1v) is 13.0. The number of H-pyrrole nitrogens is 1. The normalized spacial score (nSPS) is 15.2. The average Bonchev–Trinajstić information content (AvgIpc) is 3.36. The largest absolute Gasteiger partial charge is 0.351 e. The maximum Gasteiger partial charge on any atom is 0.269 e. The molecule has 1 unspecified atom stereocenters. The summed E-state index contributed by atoms with van der Waals surface area (Å²) in [5.41, 5.74) is 5.82. The van der Waals surface area contributed by atoms with Crippen molar-refractivity contribution in [2.75, 3.05) is 13.1 Å². The van der Waals surface area contributed by atoms with E-state index in [-0.39, 0.29) is 11.9 Å². The Balaban J connectivity index is 1.15. The second-order valence-corrected chi connectivity index (χ2v) is 9.63. The van der Waals surface area contributed by atoms with E-state index < -0.39 is 0 Å². The number of rotatable bonds is 8. The van der Waals surface area contributed by atoms with Gasteiger partial charge in [-0.05, 0) is 61.6 Å². The predicted molar refractivity (Wildman–Crippen MR) is 145 cm³/mol. The molecule has 6 rings (SSSR count). The Bertz CT molecular complexity index is 1510. The first-order valence-electron chi connectivity index (χ1n) is 13.0. The Morgan fingerprint density at radius 1 is 0.973 bits per heavy atom. The number of aromatic amines is 1. The van der Waals surface area contributed by atoms with E-state index in [1.807, 2.05) is 60.8 Å². The number of amides is 1. The number of aryl methyl sites for hydroxylation is 1. The number of pyridine rings is 2. The van der Waals surface area contributed by atoms with Crippen LogP contribution in [0.15, 0.2) is 79.0 Å². The zero-order valence-corrected chi connectivity index (χ0v) is 20.7. The lowest BCUT2D eigenvalue weighted by atomic mass is 9.90. The lowest BCUT2D eigenvalue weighted by Gasteiger charge is -2.34. The quantitative estimate of drug-likeness (QED) is 0.292. The first kappa shape index (κ1) is 23.3. The van der Waals surface area contributed by atoms with Crippen LogP contribution in [0.4, 0.5) is 0 Å². The molecule has 5 aromatic rings. The van der Waals surface area contributed by atoms with Gasteiger partial charge in [-0.25, -0.2) is 9.97 Å². The standard InChI is InChI=1S/C30H30N6O/c37-30(26-16-15-21-8-1-2-11-23(21)33-26)32-18-7-19-36(20-28-34-24-12-3-4-13-25(24)35-28)27-14-5-9-22-10-6-17-31-29(22)27/h1-4,6,8,10-13,15-17,27H,5,7,9,14,18-20H2,(H,32,37)(H,34,35). The third-order valence-corrected chi connectivity index (χ3v) is 7.14. The van der Waals surface area contributed by atoms with E-state index in [9.17, 15) is 4.79 Å². The lowest BCUT2D eigenvalue weighted by molar-refractivity contribution is 0.0944. The Labute approximate surface area is 216 Å². The number of carbonyl (C=O) groups excluding carboxylic acids is 1. The van der Waals surface area contributed by atoms with Crippen molar-refractivity contribution in [2.24, 2.45) is 0 Å². The summed E-state index contributed by atoms with van der Waals surface area (Å²) in [7, 11) is 0. The van der Waals surface area contributed by atoms with Gasteiger partial charge in [0.05, 0.1) is 34.8 Å². The van der Waals surface area contributed by atoms with Gasteiger partial charge in [0.25, 0.3) is 5.91 Å². The van der Waals surface area contributed by atoms with Crippen LogP contribution in [0.25, 0.3) is 21.9 Å². The molecule has 7 nitrogen and oxygen atoms in total. The molecule has 2 aromatic carbocycles. The monoisotopic (exact) mass is 490 g/mol. The van der Waals surface area contributed by atoms with E-state index in [2.05, 4.69) is 32.3 Å². The summed E-state index contributed by atoms with van der Waals surface area (Å²) >= 11 is 0. The minimum absolute atomic E-state index is 0.140. The first-order chi connectivity index (χ1) is 18.2. The van der Waals surface area contributed by atoms with Crippen LogP contribution in [0.5, 0.6) is 0 Å². The molecular formula is C30H30N6O. The fraction of sp³-hybridized carbons (Fsp3) is 0.267. The number of imidazole rings is 1. The van der Waals surface area contributed by atoms with Crippen molar-refractivity contribution in [3.63, 3.8) is 0 Å². The molecule has 1 amide bonds.